The molecule has 2 heterocycles. The van der Waals surface area contributed by atoms with Crippen LogP contribution in [0.3, 0.4) is 0 Å². The molecule has 1 aromatic carbocycles. The first-order valence-electron chi connectivity index (χ1n) is 8.49. The van der Waals surface area contributed by atoms with Crippen LogP contribution in [0.5, 0.6) is 0 Å². The van der Waals surface area contributed by atoms with E-state index in [9.17, 15) is 14.7 Å². The van der Waals surface area contributed by atoms with E-state index in [-0.39, 0.29) is 11.8 Å². The number of hydrogen-bond donors (Lipinski definition) is 1. The van der Waals surface area contributed by atoms with Crippen LogP contribution in [0.4, 0.5) is 0 Å². The van der Waals surface area contributed by atoms with E-state index < -0.39 is 11.9 Å². The molecule has 1 aromatic rings. The zero-order chi connectivity index (χ0) is 16.7. The molecule has 0 radical (unpaired) electrons. The topological polar surface area (TPSA) is 57.6 Å². The molecule has 2 saturated heterocycles. The lowest BCUT2D eigenvalue weighted by molar-refractivity contribution is -0.142. The van der Waals surface area contributed by atoms with E-state index in [1.54, 1.807) is 4.90 Å². The Bertz CT molecular complexity index is 638. The minimum absolute atomic E-state index is 0.0253. The van der Waals surface area contributed by atoms with E-state index in [1.807, 2.05) is 47.8 Å². The van der Waals surface area contributed by atoms with Gasteiger partial charge >= 0.3 is 5.97 Å². The molecule has 3 aliphatic rings. The van der Waals surface area contributed by atoms with Gasteiger partial charge in [0.25, 0.3) is 5.91 Å². The second kappa shape index (κ2) is 6.64. The second-order valence-corrected chi connectivity index (χ2v) is 9.58. The monoisotopic (exact) mass is 363 g/mol. The Morgan fingerprint density at radius 1 is 1.04 bits per heavy atom. The van der Waals surface area contributed by atoms with Gasteiger partial charge in [0, 0.05) is 30.2 Å². The summed E-state index contributed by atoms with van der Waals surface area (Å²) in [6, 6.07) is 7.90. The lowest BCUT2D eigenvalue weighted by Crippen LogP contribution is -2.29. The molecule has 24 heavy (non-hydrogen) atoms. The molecule has 1 N–H and O–H groups in total. The van der Waals surface area contributed by atoms with E-state index in [1.165, 1.54) is 17.1 Å². The van der Waals surface area contributed by atoms with E-state index in [4.69, 9.17) is 0 Å². The molecule has 2 aliphatic heterocycles. The van der Waals surface area contributed by atoms with E-state index >= 15 is 0 Å². The van der Waals surface area contributed by atoms with E-state index in [2.05, 4.69) is 0 Å². The Hall–Kier alpha value is -1.14. The van der Waals surface area contributed by atoms with Crippen molar-refractivity contribution < 1.29 is 14.7 Å². The minimum atomic E-state index is -0.757. The zero-order valence-corrected chi connectivity index (χ0v) is 15.0. The van der Waals surface area contributed by atoms with Crippen LogP contribution >= 0.6 is 23.5 Å². The summed E-state index contributed by atoms with van der Waals surface area (Å²) in [5, 5.41) is 9.45. The molecule has 3 fully saturated rings. The van der Waals surface area contributed by atoms with Crippen LogP contribution in [0.15, 0.2) is 24.3 Å². The first kappa shape index (κ1) is 16.3. The fraction of sp³-hybridized carbons (Fsp3) is 0.556. The highest BCUT2D eigenvalue weighted by Crippen LogP contribution is 2.46. The standard InChI is InChI=1S/C18H21NO3S2/c20-16(12-3-5-13(6-4-12)18-23-7-8-24-18)19-9-14(11-1-2-11)15(10-19)17(21)22/h3-6,11,14-15,18H,1-2,7-10H2,(H,21,22)/t14-,15+/m1/s1. The fourth-order valence-corrected chi connectivity index (χ4v) is 6.63. The summed E-state index contributed by atoms with van der Waals surface area (Å²) in [6.45, 7) is 0.946. The molecule has 1 amide bonds. The van der Waals surface area contributed by atoms with Crippen molar-refractivity contribution in [3.05, 3.63) is 35.4 Å². The summed E-state index contributed by atoms with van der Waals surface area (Å²) >= 11 is 3.90. The number of carbonyl (C=O) groups excluding carboxylic acids is 1. The predicted molar refractivity (Wildman–Crippen MR) is 97.3 cm³/mol. The molecular weight excluding hydrogens is 342 g/mol. The van der Waals surface area contributed by atoms with Gasteiger partial charge in [-0.25, -0.2) is 0 Å². The maximum Gasteiger partial charge on any atom is 0.308 e. The Kier molecular flexibility index (Phi) is 4.52. The molecule has 0 bridgehead atoms. The number of aliphatic carboxylic acids is 1. The molecule has 128 valence electrons. The minimum Gasteiger partial charge on any atom is -0.481 e. The van der Waals surface area contributed by atoms with Crippen molar-refractivity contribution in [2.75, 3.05) is 24.6 Å². The number of benzene rings is 1. The third-order valence-corrected chi connectivity index (χ3v) is 8.35. The van der Waals surface area contributed by atoms with Gasteiger partial charge in [0.05, 0.1) is 10.5 Å². The molecule has 6 heteroatoms. The van der Waals surface area contributed by atoms with Gasteiger partial charge < -0.3 is 10.0 Å². The van der Waals surface area contributed by atoms with E-state index in [0.717, 1.165) is 12.8 Å². The summed E-state index contributed by atoms with van der Waals surface area (Å²) < 4.78 is 0.483. The van der Waals surface area contributed by atoms with Gasteiger partial charge in [0.1, 0.15) is 0 Å². The third kappa shape index (κ3) is 3.18. The van der Waals surface area contributed by atoms with Crippen LogP contribution in [0.2, 0.25) is 0 Å². The SMILES string of the molecule is O=C(O)[C@H]1CN(C(=O)c2ccc(C3SCCS3)cc2)C[C@@H]1C1CC1. The second-order valence-electron chi connectivity index (χ2n) is 6.85. The molecule has 1 aliphatic carbocycles. The Balaban J connectivity index is 1.46. The zero-order valence-electron chi connectivity index (χ0n) is 13.4. The molecular formula is C18H21NO3S2. The van der Waals surface area contributed by atoms with Crippen molar-refractivity contribution in [1.29, 1.82) is 0 Å². The Morgan fingerprint density at radius 2 is 1.71 bits per heavy atom. The van der Waals surface area contributed by atoms with Gasteiger partial charge in [-0.3, -0.25) is 9.59 Å². The van der Waals surface area contributed by atoms with Crippen molar-refractivity contribution in [2.45, 2.75) is 17.4 Å². The maximum absolute atomic E-state index is 12.8. The number of rotatable bonds is 4. The number of carbonyl (C=O) groups is 2. The highest BCUT2D eigenvalue weighted by molar-refractivity contribution is 8.19. The summed E-state index contributed by atoms with van der Waals surface area (Å²) in [4.78, 5) is 26.0. The summed E-state index contributed by atoms with van der Waals surface area (Å²) in [7, 11) is 0. The molecule has 0 unspecified atom stereocenters. The van der Waals surface area contributed by atoms with Crippen LogP contribution in [0.1, 0.15) is 33.3 Å². The molecule has 4 rings (SSSR count). The highest BCUT2D eigenvalue weighted by Gasteiger charge is 2.46. The Morgan fingerprint density at radius 3 is 2.29 bits per heavy atom. The molecule has 4 nitrogen and oxygen atoms in total. The van der Waals surface area contributed by atoms with E-state index in [0.29, 0.717) is 29.2 Å². The van der Waals surface area contributed by atoms with Crippen LogP contribution < -0.4 is 0 Å². The molecule has 2 atom stereocenters. The number of nitrogens with zero attached hydrogens (tertiary/aromatic N) is 1. The summed E-state index contributed by atoms with van der Waals surface area (Å²) in [5.41, 5.74) is 1.94. The van der Waals surface area contributed by atoms with Gasteiger partial charge in [-0.15, -0.1) is 23.5 Å². The number of amides is 1. The first-order chi connectivity index (χ1) is 11.6. The predicted octanol–water partition coefficient (Wildman–Crippen LogP) is 3.35. The quantitative estimate of drug-likeness (QED) is 0.889. The largest absolute Gasteiger partial charge is 0.481 e. The van der Waals surface area contributed by atoms with Gasteiger partial charge in [0.2, 0.25) is 0 Å². The van der Waals surface area contributed by atoms with Gasteiger partial charge in [0.15, 0.2) is 0 Å². The number of hydrogen-bond acceptors (Lipinski definition) is 4. The smallest absolute Gasteiger partial charge is 0.308 e. The number of thioether (sulfide) groups is 2. The molecule has 0 aromatic heterocycles. The van der Waals surface area contributed by atoms with Crippen LogP contribution in [-0.2, 0) is 4.79 Å². The first-order valence-corrected chi connectivity index (χ1v) is 10.6. The van der Waals surface area contributed by atoms with Crippen molar-refractivity contribution in [1.82, 2.24) is 4.90 Å². The van der Waals surface area contributed by atoms with Crippen molar-refractivity contribution in [3.63, 3.8) is 0 Å². The van der Waals surface area contributed by atoms with Crippen LogP contribution in [0.25, 0.3) is 0 Å². The number of likely N-dealkylation sites (tertiary alicyclic amines) is 1. The van der Waals surface area contributed by atoms with Gasteiger partial charge in [-0.2, -0.15) is 0 Å². The van der Waals surface area contributed by atoms with Crippen molar-refractivity contribution in [3.8, 4) is 0 Å². The Labute approximate surface area is 150 Å². The molecule has 0 spiro atoms. The van der Waals surface area contributed by atoms with Crippen LogP contribution in [0, 0.1) is 17.8 Å². The lowest BCUT2D eigenvalue weighted by Gasteiger charge is -2.17. The van der Waals surface area contributed by atoms with Crippen molar-refractivity contribution >= 4 is 35.4 Å². The number of carboxylic acids is 1. The fourth-order valence-electron chi connectivity index (χ4n) is 3.77. The molecule has 1 saturated carbocycles. The van der Waals surface area contributed by atoms with Crippen molar-refractivity contribution in [2.24, 2.45) is 17.8 Å². The third-order valence-electron chi connectivity index (χ3n) is 5.25. The normalized spacial score (nSPS) is 27.6. The average Bonchev–Trinajstić information content (AvgIpc) is 3.13. The van der Waals surface area contributed by atoms with Gasteiger partial charge in [-0.1, -0.05) is 12.1 Å². The number of carboxylic acid groups (broad SMARTS) is 1. The summed E-state index contributed by atoms with van der Waals surface area (Å²) in [6.07, 6.45) is 2.23. The summed E-state index contributed by atoms with van der Waals surface area (Å²) in [5.74, 6) is 1.83. The maximum atomic E-state index is 12.8. The lowest BCUT2D eigenvalue weighted by atomic mass is 9.92. The van der Waals surface area contributed by atoms with Crippen LogP contribution in [-0.4, -0.2) is 46.5 Å². The van der Waals surface area contributed by atoms with Gasteiger partial charge in [-0.05, 0) is 42.4 Å². The highest BCUT2D eigenvalue weighted by atomic mass is 32.2. The average molecular weight is 364 g/mol.